The Morgan fingerprint density at radius 1 is 1.27 bits per heavy atom. The van der Waals surface area contributed by atoms with Crippen LogP contribution in [0, 0.1) is 5.82 Å². The number of amides is 1. The highest BCUT2D eigenvalue weighted by Gasteiger charge is 2.13. The van der Waals surface area contributed by atoms with Crippen molar-refractivity contribution >= 4 is 40.3 Å². The maximum atomic E-state index is 13.1. The average Bonchev–Trinajstić information content (AvgIpc) is 2.93. The first-order valence-corrected chi connectivity index (χ1v) is 7.61. The molecule has 0 fully saturated rings. The lowest BCUT2D eigenvalue weighted by molar-refractivity contribution is -0.116. The second-order valence-corrected chi connectivity index (χ2v) is 6.13. The lowest BCUT2D eigenvalue weighted by Crippen LogP contribution is -2.14. The number of halogens is 2. The van der Waals surface area contributed by atoms with Crippen LogP contribution in [0.15, 0.2) is 30.3 Å². The van der Waals surface area contributed by atoms with E-state index in [1.807, 2.05) is 0 Å². The Kier molecular flexibility index (Phi) is 5.51. The van der Waals surface area contributed by atoms with E-state index in [0.717, 1.165) is 0 Å². The molecule has 1 aromatic heterocycles. The summed E-state index contributed by atoms with van der Waals surface area (Å²) in [5, 5.41) is 2.60. The highest BCUT2D eigenvalue weighted by Crippen LogP contribution is 2.26. The molecule has 2 rings (SSSR count). The fraction of sp³-hybridized carbons (Fsp3) is 0.200. The number of Topliss-reactive ketones (excluding diaryl/α,β-unsaturated/α-hetero) is 1. The zero-order valence-electron chi connectivity index (χ0n) is 11.7. The Morgan fingerprint density at radius 3 is 2.68 bits per heavy atom. The van der Waals surface area contributed by atoms with E-state index in [0.29, 0.717) is 14.9 Å². The summed E-state index contributed by atoms with van der Waals surface area (Å²) in [6.07, 6.45) is 0.0983. The molecule has 0 bridgehead atoms. The van der Waals surface area contributed by atoms with Gasteiger partial charge in [0.1, 0.15) is 11.6 Å². The SMILES string of the molecule is COc1cc(F)ccc1NC(=O)CCC(=O)c1ccc(Cl)s1. The molecule has 22 heavy (non-hydrogen) atoms. The van der Waals surface area contributed by atoms with Gasteiger partial charge in [0, 0.05) is 18.9 Å². The monoisotopic (exact) mass is 341 g/mol. The normalized spacial score (nSPS) is 10.3. The van der Waals surface area contributed by atoms with Gasteiger partial charge in [0.05, 0.1) is 22.0 Å². The van der Waals surface area contributed by atoms with Crippen LogP contribution >= 0.6 is 22.9 Å². The summed E-state index contributed by atoms with van der Waals surface area (Å²) in [4.78, 5) is 24.3. The lowest BCUT2D eigenvalue weighted by atomic mass is 10.2. The molecule has 1 N–H and O–H groups in total. The van der Waals surface area contributed by atoms with Gasteiger partial charge in [0.25, 0.3) is 0 Å². The number of carbonyl (C=O) groups is 2. The van der Waals surface area contributed by atoms with Crippen molar-refractivity contribution in [2.45, 2.75) is 12.8 Å². The molecule has 0 aliphatic heterocycles. The summed E-state index contributed by atoms with van der Waals surface area (Å²) in [5.41, 5.74) is 0.362. The number of thiophene rings is 1. The molecular formula is C15H13ClFNO3S. The van der Waals surface area contributed by atoms with Crippen molar-refractivity contribution in [2.24, 2.45) is 0 Å². The Morgan fingerprint density at radius 2 is 2.05 bits per heavy atom. The zero-order valence-corrected chi connectivity index (χ0v) is 13.3. The summed E-state index contributed by atoms with van der Waals surface area (Å²) in [6, 6.07) is 7.08. The van der Waals surface area contributed by atoms with Crippen LogP contribution in [0.25, 0.3) is 0 Å². The number of methoxy groups -OCH3 is 1. The molecule has 7 heteroatoms. The number of rotatable bonds is 6. The molecular weight excluding hydrogens is 329 g/mol. The van der Waals surface area contributed by atoms with Gasteiger partial charge in [-0.25, -0.2) is 4.39 Å². The summed E-state index contributed by atoms with van der Waals surface area (Å²) in [6.45, 7) is 0. The summed E-state index contributed by atoms with van der Waals surface area (Å²) < 4.78 is 18.6. The third kappa shape index (κ3) is 4.29. The van der Waals surface area contributed by atoms with Crippen molar-refractivity contribution in [3.05, 3.63) is 45.4 Å². The van der Waals surface area contributed by atoms with E-state index in [9.17, 15) is 14.0 Å². The number of benzene rings is 1. The topological polar surface area (TPSA) is 55.4 Å². The number of hydrogen-bond acceptors (Lipinski definition) is 4. The maximum Gasteiger partial charge on any atom is 0.224 e. The second-order valence-electron chi connectivity index (χ2n) is 4.42. The Bertz CT molecular complexity index is 702. The van der Waals surface area contributed by atoms with Gasteiger partial charge in [-0.1, -0.05) is 11.6 Å². The van der Waals surface area contributed by atoms with Crippen LogP contribution in [0.2, 0.25) is 4.34 Å². The van der Waals surface area contributed by atoms with E-state index in [-0.39, 0.29) is 30.3 Å². The van der Waals surface area contributed by atoms with Crippen molar-refractivity contribution in [3.8, 4) is 5.75 Å². The molecule has 1 amide bonds. The van der Waals surface area contributed by atoms with Gasteiger partial charge in [-0.15, -0.1) is 11.3 Å². The molecule has 0 saturated heterocycles. The molecule has 0 radical (unpaired) electrons. The first kappa shape index (κ1) is 16.5. The quantitative estimate of drug-likeness (QED) is 0.803. The minimum absolute atomic E-state index is 0.0227. The molecule has 1 heterocycles. The van der Waals surface area contributed by atoms with Crippen molar-refractivity contribution in [1.29, 1.82) is 0 Å². The predicted molar refractivity (Wildman–Crippen MR) is 84.5 cm³/mol. The average molecular weight is 342 g/mol. The van der Waals surface area contributed by atoms with Gasteiger partial charge < -0.3 is 10.1 Å². The van der Waals surface area contributed by atoms with E-state index >= 15 is 0 Å². The van der Waals surface area contributed by atoms with Gasteiger partial charge in [-0.2, -0.15) is 0 Å². The molecule has 0 atom stereocenters. The number of carbonyl (C=O) groups excluding carboxylic acids is 2. The predicted octanol–water partition coefficient (Wildman–Crippen LogP) is 4.15. The molecule has 2 aromatic rings. The van der Waals surface area contributed by atoms with E-state index in [4.69, 9.17) is 16.3 Å². The highest BCUT2D eigenvalue weighted by atomic mass is 35.5. The summed E-state index contributed by atoms with van der Waals surface area (Å²) in [7, 11) is 1.38. The number of hydrogen-bond donors (Lipinski definition) is 1. The van der Waals surface area contributed by atoms with Crippen molar-refractivity contribution in [3.63, 3.8) is 0 Å². The molecule has 116 valence electrons. The number of ether oxygens (including phenoxy) is 1. The Balaban J connectivity index is 1.92. The third-order valence-corrected chi connectivity index (χ3v) is 4.14. The molecule has 0 aliphatic carbocycles. The standard InChI is InChI=1S/C15H13ClFNO3S/c1-21-12-8-9(17)2-3-10(12)18-15(20)7-4-11(19)13-5-6-14(16)22-13/h2-3,5-6,8H,4,7H2,1H3,(H,18,20). The van der Waals surface area contributed by atoms with Crippen LogP contribution in [-0.2, 0) is 4.79 Å². The Hall–Kier alpha value is -1.92. The molecule has 0 spiro atoms. The highest BCUT2D eigenvalue weighted by molar-refractivity contribution is 7.18. The molecule has 0 unspecified atom stereocenters. The Labute approximate surface area is 135 Å². The first-order valence-electron chi connectivity index (χ1n) is 6.41. The first-order chi connectivity index (χ1) is 10.5. The van der Waals surface area contributed by atoms with Crippen LogP contribution in [0.3, 0.4) is 0 Å². The molecule has 0 aliphatic rings. The van der Waals surface area contributed by atoms with Gasteiger partial charge in [0.15, 0.2) is 5.78 Å². The van der Waals surface area contributed by atoms with Crippen LogP contribution < -0.4 is 10.1 Å². The van der Waals surface area contributed by atoms with Crippen molar-refractivity contribution in [2.75, 3.05) is 12.4 Å². The minimum atomic E-state index is -0.459. The summed E-state index contributed by atoms with van der Waals surface area (Å²) >= 11 is 6.94. The van der Waals surface area contributed by atoms with E-state index in [2.05, 4.69) is 5.32 Å². The third-order valence-electron chi connectivity index (χ3n) is 2.86. The van der Waals surface area contributed by atoms with Crippen LogP contribution in [-0.4, -0.2) is 18.8 Å². The number of anilines is 1. The largest absolute Gasteiger partial charge is 0.494 e. The van der Waals surface area contributed by atoms with Gasteiger partial charge in [-0.3, -0.25) is 9.59 Å². The lowest BCUT2D eigenvalue weighted by Gasteiger charge is -2.09. The molecule has 1 aromatic carbocycles. The maximum absolute atomic E-state index is 13.1. The van der Waals surface area contributed by atoms with E-state index in [1.165, 1.54) is 36.6 Å². The fourth-order valence-electron chi connectivity index (χ4n) is 1.80. The van der Waals surface area contributed by atoms with Gasteiger partial charge >= 0.3 is 0 Å². The zero-order chi connectivity index (χ0) is 16.1. The molecule has 0 saturated carbocycles. The summed E-state index contributed by atoms with van der Waals surface area (Å²) in [5.74, 6) is -0.719. The fourth-order valence-corrected chi connectivity index (χ4v) is 2.81. The van der Waals surface area contributed by atoms with Crippen LogP contribution in [0.5, 0.6) is 5.75 Å². The van der Waals surface area contributed by atoms with Crippen molar-refractivity contribution in [1.82, 2.24) is 0 Å². The second kappa shape index (κ2) is 7.38. The van der Waals surface area contributed by atoms with Gasteiger partial charge in [0.2, 0.25) is 5.91 Å². The minimum Gasteiger partial charge on any atom is -0.494 e. The van der Waals surface area contributed by atoms with E-state index in [1.54, 1.807) is 12.1 Å². The smallest absolute Gasteiger partial charge is 0.224 e. The molecule has 4 nitrogen and oxygen atoms in total. The number of ketones is 1. The van der Waals surface area contributed by atoms with E-state index < -0.39 is 5.82 Å². The van der Waals surface area contributed by atoms with Crippen molar-refractivity contribution < 1.29 is 18.7 Å². The van der Waals surface area contributed by atoms with Crippen LogP contribution in [0.1, 0.15) is 22.5 Å². The van der Waals surface area contributed by atoms with Gasteiger partial charge in [-0.05, 0) is 24.3 Å². The van der Waals surface area contributed by atoms with Crippen LogP contribution in [0.4, 0.5) is 10.1 Å². The number of nitrogens with one attached hydrogen (secondary N) is 1.